The van der Waals surface area contributed by atoms with E-state index in [4.69, 9.17) is 9.47 Å². The minimum atomic E-state index is 0.704. The van der Waals surface area contributed by atoms with Gasteiger partial charge in [-0.2, -0.15) is 0 Å². The first-order valence-corrected chi connectivity index (χ1v) is 7.58. The van der Waals surface area contributed by atoms with Crippen LogP contribution >= 0.6 is 11.3 Å². The molecule has 1 fully saturated rings. The number of hydrogen-bond acceptors (Lipinski definition) is 5. The highest BCUT2D eigenvalue weighted by atomic mass is 32.1. The summed E-state index contributed by atoms with van der Waals surface area (Å²) in [5.41, 5.74) is 2.10. The van der Waals surface area contributed by atoms with E-state index >= 15 is 0 Å². The van der Waals surface area contributed by atoms with Gasteiger partial charge in [0, 0.05) is 24.0 Å². The van der Waals surface area contributed by atoms with Gasteiger partial charge in [-0.25, -0.2) is 4.98 Å². The molecule has 1 aliphatic rings. The number of benzene rings is 1. The number of ether oxygens (including phenoxy) is 2. The molecule has 3 rings (SSSR count). The fourth-order valence-corrected chi connectivity index (χ4v) is 2.87. The molecule has 1 heterocycles. The lowest BCUT2D eigenvalue weighted by Crippen LogP contribution is -2.15. The molecule has 1 aromatic carbocycles. The van der Waals surface area contributed by atoms with Crippen LogP contribution in [-0.4, -0.2) is 25.2 Å². The Balaban J connectivity index is 1.80. The first-order valence-electron chi connectivity index (χ1n) is 6.70. The lowest BCUT2D eigenvalue weighted by molar-refractivity contribution is 0.395. The van der Waals surface area contributed by atoms with Gasteiger partial charge in [-0.3, -0.25) is 0 Å². The first kappa shape index (κ1) is 13.4. The average Bonchev–Trinajstić information content (AvgIpc) is 3.21. The van der Waals surface area contributed by atoms with Crippen molar-refractivity contribution in [3.8, 4) is 22.1 Å². The van der Waals surface area contributed by atoms with Crippen molar-refractivity contribution in [1.29, 1.82) is 0 Å². The zero-order valence-electron chi connectivity index (χ0n) is 11.7. The van der Waals surface area contributed by atoms with Crippen LogP contribution in [0, 0.1) is 0 Å². The minimum Gasteiger partial charge on any atom is -0.497 e. The number of hydrogen-bond donors (Lipinski definition) is 1. The molecular weight excluding hydrogens is 272 g/mol. The molecule has 0 unspecified atom stereocenters. The van der Waals surface area contributed by atoms with Gasteiger partial charge in [-0.05, 0) is 25.0 Å². The smallest absolute Gasteiger partial charge is 0.132 e. The van der Waals surface area contributed by atoms with Gasteiger partial charge < -0.3 is 14.8 Å². The van der Waals surface area contributed by atoms with Crippen LogP contribution in [0.25, 0.3) is 10.6 Å². The lowest BCUT2D eigenvalue weighted by atomic mass is 10.2. The third kappa shape index (κ3) is 2.94. The second-order valence-corrected chi connectivity index (χ2v) is 5.72. The van der Waals surface area contributed by atoms with E-state index < -0.39 is 0 Å². The van der Waals surface area contributed by atoms with Crippen molar-refractivity contribution in [1.82, 2.24) is 10.3 Å². The highest BCUT2D eigenvalue weighted by Crippen LogP contribution is 2.35. The van der Waals surface area contributed by atoms with Gasteiger partial charge in [0.15, 0.2) is 0 Å². The van der Waals surface area contributed by atoms with Gasteiger partial charge in [0.1, 0.15) is 16.5 Å². The zero-order chi connectivity index (χ0) is 13.9. The second-order valence-electron chi connectivity index (χ2n) is 4.87. The van der Waals surface area contributed by atoms with E-state index in [9.17, 15) is 0 Å². The zero-order valence-corrected chi connectivity index (χ0v) is 12.5. The minimum absolute atomic E-state index is 0.704. The Bertz CT molecular complexity index is 593. The van der Waals surface area contributed by atoms with E-state index in [0.29, 0.717) is 6.04 Å². The summed E-state index contributed by atoms with van der Waals surface area (Å²) < 4.78 is 10.6. The maximum atomic E-state index is 5.43. The van der Waals surface area contributed by atoms with Crippen LogP contribution < -0.4 is 14.8 Å². The summed E-state index contributed by atoms with van der Waals surface area (Å²) in [6, 6.07) is 6.52. The normalized spacial score (nSPS) is 14.3. The number of methoxy groups -OCH3 is 2. The van der Waals surface area contributed by atoms with Crippen LogP contribution in [0.4, 0.5) is 0 Å². The Labute approximate surface area is 122 Å². The molecule has 1 aliphatic carbocycles. The number of nitrogens with zero attached hydrogens (tertiary/aromatic N) is 1. The maximum absolute atomic E-state index is 5.43. The Morgan fingerprint density at radius 1 is 1.30 bits per heavy atom. The van der Waals surface area contributed by atoms with Crippen LogP contribution in [0.5, 0.6) is 11.5 Å². The van der Waals surface area contributed by atoms with Crippen LogP contribution in [0.1, 0.15) is 18.5 Å². The van der Waals surface area contributed by atoms with Crippen molar-refractivity contribution < 1.29 is 9.47 Å². The molecule has 0 bridgehead atoms. The van der Waals surface area contributed by atoms with E-state index in [2.05, 4.69) is 15.7 Å². The van der Waals surface area contributed by atoms with E-state index in [-0.39, 0.29) is 0 Å². The van der Waals surface area contributed by atoms with Gasteiger partial charge in [0.05, 0.1) is 25.5 Å². The van der Waals surface area contributed by atoms with E-state index in [1.165, 1.54) is 12.8 Å². The van der Waals surface area contributed by atoms with Gasteiger partial charge in [-0.1, -0.05) is 0 Å². The third-order valence-corrected chi connectivity index (χ3v) is 4.26. The summed E-state index contributed by atoms with van der Waals surface area (Å²) >= 11 is 1.65. The third-order valence-electron chi connectivity index (χ3n) is 3.34. The fraction of sp³-hybridized carbons (Fsp3) is 0.400. The van der Waals surface area contributed by atoms with E-state index in [1.807, 2.05) is 18.2 Å². The number of thiazole rings is 1. The number of rotatable bonds is 6. The molecule has 20 heavy (non-hydrogen) atoms. The average molecular weight is 290 g/mol. The summed E-state index contributed by atoms with van der Waals surface area (Å²) in [4.78, 5) is 4.68. The van der Waals surface area contributed by atoms with Crippen LogP contribution in [0.15, 0.2) is 23.6 Å². The van der Waals surface area contributed by atoms with Crippen LogP contribution in [0.2, 0.25) is 0 Å². The van der Waals surface area contributed by atoms with Gasteiger partial charge >= 0.3 is 0 Å². The molecule has 4 nitrogen and oxygen atoms in total. The van der Waals surface area contributed by atoms with Gasteiger partial charge in [0.25, 0.3) is 0 Å². The van der Waals surface area contributed by atoms with Gasteiger partial charge in [-0.15, -0.1) is 11.3 Å². The molecule has 1 aromatic heterocycles. The maximum Gasteiger partial charge on any atom is 0.132 e. The van der Waals surface area contributed by atoms with Crippen molar-refractivity contribution in [2.75, 3.05) is 14.2 Å². The van der Waals surface area contributed by atoms with E-state index in [0.717, 1.165) is 34.3 Å². The SMILES string of the molecule is COc1ccc(-c2nc(CNC3CC3)cs2)c(OC)c1. The van der Waals surface area contributed by atoms with Crippen molar-refractivity contribution in [2.24, 2.45) is 0 Å². The summed E-state index contributed by atoms with van der Waals surface area (Å²) in [7, 11) is 3.32. The molecular formula is C15H18N2O2S. The summed E-state index contributed by atoms with van der Waals surface area (Å²) in [6.07, 6.45) is 2.59. The first-order chi connectivity index (χ1) is 9.80. The fourth-order valence-electron chi connectivity index (χ4n) is 2.02. The summed E-state index contributed by atoms with van der Waals surface area (Å²) in [5, 5.41) is 6.57. The summed E-state index contributed by atoms with van der Waals surface area (Å²) in [6.45, 7) is 0.847. The monoisotopic (exact) mass is 290 g/mol. The second kappa shape index (κ2) is 5.81. The Morgan fingerprint density at radius 3 is 2.85 bits per heavy atom. The highest BCUT2D eigenvalue weighted by Gasteiger charge is 2.20. The molecule has 0 radical (unpaired) electrons. The van der Waals surface area contributed by atoms with Crippen LogP contribution in [-0.2, 0) is 6.54 Å². The predicted molar refractivity (Wildman–Crippen MR) is 80.5 cm³/mol. The molecule has 1 N–H and O–H groups in total. The lowest BCUT2D eigenvalue weighted by Gasteiger charge is -2.08. The molecule has 1 saturated carbocycles. The predicted octanol–water partition coefficient (Wildman–Crippen LogP) is 3.08. The van der Waals surface area contributed by atoms with Crippen molar-refractivity contribution >= 4 is 11.3 Å². The molecule has 0 atom stereocenters. The summed E-state index contributed by atoms with van der Waals surface area (Å²) in [5.74, 6) is 1.58. The highest BCUT2D eigenvalue weighted by molar-refractivity contribution is 7.13. The quantitative estimate of drug-likeness (QED) is 0.888. The van der Waals surface area contributed by atoms with Gasteiger partial charge in [0.2, 0.25) is 0 Å². The largest absolute Gasteiger partial charge is 0.497 e. The van der Waals surface area contributed by atoms with Crippen molar-refractivity contribution in [3.63, 3.8) is 0 Å². The van der Waals surface area contributed by atoms with Crippen molar-refractivity contribution in [3.05, 3.63) is 29.3 Å². The standard InChI is InChI=1S/C15H18N2O2S/c1-18-12-5-6-13(14(7-12)19-2)15-17-11(9-20-15)8-16-10-3-4-10/h5-7,9-10,16H,3-4,8H2,1-2H3. The topological polar surface area (TPSA) is 43.4 Å². The Morgan fingerprint density at radius 2 is 2.15 bits per heavy atom. The molecule has 106 valence electrons. The van der Waals surface area contributed by atoms with Crippen LogP contribution in [0.3, 0.4) is 0 Å². The number of nitrogens with one attached hydrogen (secondary N) is 1. The van der Waals surface area contributed by atoms with Crippen molar-refractivity contribution in [2.45, 2.75) is 25.4 Å². The Kier molecular flexibility index (Phi) is 3.89. The number of aromatic nitrogens is 1. The molecule has 2 aromatic rings. The molecule has 5 heteroatoms. The molecule has 0 saturated heterocycles. The molecule has 0 aliphatic heterocycles. The van der Waals surface area contributed by atoms with E-state index in [1.54, 1.807) is 25.6 Å². The molecule has 0 amide bonds. The molecule has 0 spiro atoms. The Hall–Kier alpha value is -1.59.